The fraction of sp³-hybridized carbons (Fsp3) is 0.273. The summed E-state index contributed by atoms with van der Waals surface area (Å²) in [6.45, 7) is 4.19. The maximum Gasteiger partial charge on any atom is 0.368 e. The van der Waals surface area contributed by atoms with Crippen LogP contribution in [0.2, 0.25) is 5.02 Å². The lowest BCUT2D eigenvalue weighted by Crippen LogP contribution is -2.23. The van der Waals surface area contributed by atoms with Gasteiger partial charge in [-0.05, 0) is 59.7 Å². The van der Waals surface area contributed by atoms with Crippen molar-refractivity contribution < 1.29 is 9.47 Å². The van der Waals surface area contributed by atoms with Crippen molar-refractivity contribution in [3.05, 3.63) is 68.6 Å². The summed E-state index contributed by atoms with van der Waals surface area (Å²) in [7, 11) is 4.90. The minimum absolute atomic E-state index is 0.267. The molecule has 0 unspecified atom stereocenters. The zero-order valence-corrected chi connectivity index (χ0v) is 19.2. The Kier molecular flexibility index (Phi) is 5.75. The predicted molar refractivity (Wildman–Crippen MR) is 121 cm³/mol. The highest BCUT2D eigenvalue weighted by atomic mass is 35.5. The average Bonchev–Trinajstić information content (AvgIpc) is 3.25. The van der Waals surface area contributed by atoms with Gasteiger partial charge in [-0.2, -0.15) is 14.5 Å². The van der Waals surface area contributed by atoms with Gasteiger partial charge in [-0.25, -0.2) is 9.48 Å². The minimum Gasteiger partial charge on any atom is -0.489 e. The van der Waals surface area contributed by atoms with Gasteiger partial charge in [0.2, 0.25) is 5.88 Å². The van der Waals surface area contributed by atoms with Crippen molar-refractivity contribution in [1.29, 1.82) is 0 Å². The third-order valence-corrected chi connectivity index (χ3v) is 5.63. The molecule has 0 aliphatic carbocycles. The van der Waals surface area contributed by atoms with E-state index in [-0.39, 0.29) is 12.3 Å². The van der Waals surface area contributed by atoms with Crippen LogP contribution in [-0.4, -0.2) is 36.7 Å². The summed E-state index contributed by atoms with van der Waals surface area (Å²) in [5.74, 6) is 1.22. The zero-order valence-electron chi connectivity index (χ0n) is 18.5. The summed E-state index contributed by atoms with van der Waals surface area (Å²) in [5.41, 5.74) is 4.60. The molecule has 0 atom stereocenters. The summed E-state index contributed by atoms with van der Waals surface area (Å²) in [5, 5.41) is 12.7. The van der Waals surface area contributed by atoms with E-state index in [1.54, 1.807) is 25.9 Å². The van der Waals surface area contributed by atoms with Crippen molar-refractivity contribution >= 4 is 11.6 Å². The Morgan fingerprint density at radius 1 is 1.03 bits per heavy atom. The molecule has 2 aromatic heterocycles. The fourth-order valence-corrected chi connectivity index (χ4v) is 3.88. The van der Waals surface area contributed by atoms with Gasteiger partial charge in [-0.1, -0.05) is 23.7 Å². The summed E-state index contributed by atoms with van der Waals surface area (Å²) in [6.07, 6.45) is 0. The lowest BCUT2D eigenvalue weighted by atomic mass is 10.1. The van der Waals surface area contributed by atoms with Crippen LogP contribution in [0.4, 0.5) is 0 Å². The number of tetrazole rings is 1. The van der Waals surface area contributed by atoms with Crippen molar-refractivity contribution in [2.45, 2.75) is 20.5 Å². The molecule has 10 heteroatoms. The zero-order chi connectivity index (χ0) is 23.0. The van der Waals surface area contributed by atoms with Crippen molar-refractivity contribution in [3.63, 3.8) is 0 Å². The fourth-order valence-electron chi connectivity index (χ4n) is 3.54. The molecule has 0 radical (unpaired) electrons. The molecule has 0 aliphatic heterocycles. The van der Waals surface area contributed by atoms with Crippen LogP contribution < -0.4 is 15.2 Å². The van der Waals surface area contributed by atoms with Gasteiger partial charge >= 0.3 is 5.69 Å². The maximum absolute atomic E-state index is 12.3. The first kappa shape index (κ1) is 21.6. The van der Waals surface area contributed by atoms with Gasteiger partial charge in [0.05, 0.1) is 12.8 Å². The second-order valence-electron chi connectivity index (χ2n) is 7.43. The Balaban J connectivity index is 1.62. The summed E-state index contributed by atoms with van der Waals surface area (Å²) in [6, 6.07) is 11.4. The van der Waals surface area contributed by atoms with Crippen LogP contribution in [0, 0.1) is 13.8 Å². The van der Waals surface area contributed by atoms with Gasteiger partial charge in [0.15, 0.2) is 0 Å². The maximum atomic E-state index is 12.3. The first-order valence-corrected chi connectivity index (χ1v) is 10.3. The van der Waals surface area contributed by atoms with Crippen molar-refractivity contribution in [2.75, 3.05) is 7.11 Å². The SMILES string of the molecule is COc1c(Cl)c(-c2ccc(OCc3c(C)cccc3-n3nnn(C)c3=O)c(C)c2)nn1C. The van der Waals surface area contributed by atoms with E-state index in [4.69, 9.17) is 21.1 Å². The van der Waals surface area contributed by atoms with Gasteiger partial charge in [0, 0.05) is 25.2 Å². The first-order chi connectivity index (χ1) is 15.3. The lowest BCUT2D eigenvalue weighted by molar-refractivity contribution is 0.302. The van der Waals surface area contributed by atoms with E-state index in [0.717, 1.165) is 22.3 Å². The highest BCUT2D eigenvalue weighted by Gasteiger charge is 2.18. The van der Waals surface area contributed by atoms with E-state index >= 15 is 0 Å². The smallest absolute Gasteiger partial charge is 0.368 e. The number of aryl methyl sites for hydroxylation is 4. The number of aromatic nitrogens is 6. The molecule has 0 fully saturated rings. The molecule has 0 N–H and O–H groups in total. The summed E-state index contributed by atoms with van der Waals surface area (Å²) in [4.78, 5) is 12.3. The number of hydrogen-bond donors (Lipinski definition) is 0. The molecule has 0 amide bonds. The Morgan fingerprint density at radius 3 is 2.44 bits per heavy atom. The van der Waals surface area contributed by atoms with E-state index in [1.807, 2.05) is 50.2 Å². The van der Waals surface area contributed by atoms with E-state index < -0.39 is 0 Å². The van der Waals surface area contributed by atoms with E-state index in [2.05, 4.69) is 15.5 Å². The van der Waals surface area contributed by atoms with Crippen LogP contribution in [0.25, 0.3) is 16.9 Å². The molecule has 0 saturated carbocycles. The van der Waals surface area contributed by atoms with Gasteiger partial charge in [-0.3, -0.25) is 0 Å². The molecular formula is C22H23ClN6O3. The van der Waals surface area contributed by atoms with Crippen LogP contribution in [0.3, 0.4) is 0 Å². The van der Waals surface area contributed by atoms with E-state index in [1.165, 1.54) is 9.36 Å². The molecule has 0 aliphatic rings. The van der Waals surface area contributed by atoms with E-state index in [9.17, 15) is 4.79 Å². The Hall–Kier alpha value is -3.59. The summed E-state index contributed by atoms with van der Waals surface area (Å²) >= 11 is 6.42. The number of hydrogen-bond acceptors (Lipinski definition) is 6. The van der Waals surface area contributed by atoms with Gasteiger partial charge in [-0.15, -0.1) is 0 Å². The number of benzene rings is 2. The molecule has 9 nitrogen and oxygen atoms in total. The number of nitrogens with zero attached hydrogens (tertiary/aromatic N) is 6. The van der Waals surface area contributed by atoms with Gasteiger partial charge in [0.25, 0.3) is 0 Å². The monoisotopic (exact) mass is 454 g/mol. The van der Waals surface area contributed by atoms with Gasteiger partial charge in [0.1, 0.15) is 23.1 Å². The quantitative estimate of drug-likeness (QED) is 0.444. The normalized spacial score (nSPS) is 11.1. The van der Waals surface area contributed by atoms with Crippen LogP contribution in [0.1, 0.15) is 16.7 Å². The third kappa shape index (κ3) is 3.75. The highest BCUT2D eigenvalue weighted by molar-refractivity contribution is 6.34. The van der Waals surface area contributed by atoms with Crippen molar-refractivity contribution in [1.82, 2.24) is 29.6 Å². The van der Waals surface area contributed by atoms with E-state index in [0.29, 0.717) is 28.0 Å². The van der Waals surface area contributed by atoms with Crippen LogP contribution >= 0.6 is 11.6 Å². The molecular weight excluding hydrogens is 432 g/mol. The van der Waals surface area contributed by atoms with Gasteiger partial charge < -0.3 is 9.47 Å². The molecule has 0 saturated heterocycles. The Bertz CT molecular complexity index is 1350. The van der Waals surface area contributed by atoms with Crippen LogP contribution in [0.15, 0.2) is 41.2 Å². The Labute approximate surface area is 189 Å². The second-order valence-corrected chi connectivity index (χ2v) is 7.81. The molecule has 0 bridgehead atoms. The standard InChI is InChI=1S/C22H23ClN6O3/c1-13-7-6-8-17(29-22(30)28(4)25-26-29)16(13)12-32-18-10-9-15(11-14(18)2)20-19(23)21(31-5)27(3)24-20/h6-11H,12H2,1-5H3. The first-order valence-electron chi connectivity index (χ1n) is 9.90. The second kappa shape index (κ2) is 8.51. The summed E-state index contributed by atoms with van der Waals surface area (Å²) < 4.78 is 15.5. The lowest BCUT2D eigenvalue weighted by Gasteiger charge is -2.14. The number of halogens is 1. The molecule has 2 aromatic carbocycles. The highest BCUT2D eigenvalue weighted by Crippen LogP contribution is 2.36. The molecule has 0 spiro atoms. The molecule has 4 aromatic rings. The third-order valence-electron chi connectivity index (χ3n) is 5.29. The number of ether oxygens (including phenoxy) is 2. The topological polar surface area (TPSA) is 89.0 Å². The minimum atomic E-state index is -0.319. The predicted octanol–water partition coefficient (Wildman–Crippen LogP) is 3.22. The Morgan fingerprint density at radius 2 is 1.81 bits per heavy atom. The molecule has 32 heavy (non-hydrogen) atoms. The largest absolute Gasteiger partial charge is 0.489 e. The average molecular weight is 455 g/mol. The molecule has 4 rings (SSSR count). The van der Waals surface area contributed by atoms with Crippen molar-refractivity contribution in [2.24, 2.45) is 14.1 Å². The van der Waals surface area contributed by atoms with Crippen molar-refractivity contribution in [3.8, 4) is 28.6 Å². The van der Waals surface area contributed by atoms with Crippen LogP contribution in [0.5, 0.6) is 11.6 Å². The molecule has 166 valence electrons. The van der Waals surface area contributed by atoms with Crippen LogP contribution in [-0.2, 0) is 20.7 Å². The number of rotatable bonds is 6. The molecule has 2 heterocycles. The number of methoxy groups -OCH3 is 1.